The number of aromatic nitrogens is 1. The minimum Gasteiger partial charge on any atom is -0.478 e. The van der Waals surface area contributed by atoms with Crippen molar-refractivity contribution in [2.75, 3.05) is 0 Å². The van der Waals surface area contributed by atoms with Crippen LogP contribution in [-0.2, 0) is 6.54 Å². The Hall–Kier alpha value is -1.40. The van der Waals surface area contributed by atoms with E-state index >= 15 is 0 Å². The molecule has 0 saturated heterocycles. The first kappa shape index (κ1) is 14.0. The molecule has 2 rings (SSSR count). The minimum absolute atomic E-state index is 0.114. The molecule has 1 aromatic heterocycles. The lowest BCUT2D eigenvalue weighted by Gasteiger charge is -2.08. The highest BCUT2D eigenvalue weighted by atomic mass is 79.9. The van der Waals surface area contributed by atoms with E-state index in [4.69, 9.17) is 5.11 Å². The van der Waals surface area contributed by atoms with Gasteiger partial charge in [-0.15, -0.1) is 0 Å². The summed E-state index contributed by atoms with van der Waals surface area (Å²) in [7, 11) is 0. The normalized spacial score (nSPS) is 10.4. The quantitative estimate of drug-likeness (QED) is 0.881. The summed E-state index contributed by atoms with van der Waals surface area (Å²) in [6.07, 6.45) is 1.69. The van der Waals surface area contributed by atoms with Gasteiger partial charge in [-0.2, -0.15) is 0 Å². The van der Waals surface area contributed by atoms with Crippen molar-refractivity contribution in [2.24, 2.45) is 0 Å². The molecule has 0 aliphatic heterocycles. The van der Waals surface area contributed by atoms with Gasteiger partial charge in [-0.25, -0.2) is 4.79 Å². The van der Waals surface area contributed by atoms with E-state index in [0.29, 0.717) is 11.0 Å². The van der Waals surface area contributed by atoms with Gasteiger partial charge in [0.05, 0.1) is 12.1 Å². The van der Waals surface area contributed by atoms with Crippen molar-refractivity contribution in [2.45, 2.75) is 6.54 Å². The minimum atomic E-state index is -0.980. The number of carboxylic acids is 1. The SMILES string of the molecule is O=C(O)c1ccc(Cn2cc(Br)ccc2=O)c(Br)c1. The first-order valence-electron chi connectivity index (χ1n) is 5.35. The average molecular weight is 387 g/mol. The van der Waals surface area contributed by atoms with Gasteiger partial charge in [0.1, 0.15) is 0 Å². The van der Waals surface area contributed by atoms with E-state index in [1.807, 2.05) is 0 Å². The number of rotatable bonds is 3. The molecule has 0 aliphatic carbocycles. The third-order valence-corrected chi connectivity index (χ3v) is 3.80. The number of carboxylic acid groups (broad SMARTS) is 1. The molecule has 0 atom stereocenters. The molecule has 1 N–H and O–H groups in total. The summed E-state index contributed by atoms with van der Waals surface area (Å²) >= 11 is 6.64. The molecule has 0 unspecified atom stereocenters. The first-order valence-corrected chi connectivity index (χ1v) is 6.93. The van der Waals surface area contributed by atoms with Crippen LogP contribution in [0.25, 0.3) is 0 Å². The molecule has 0 amide bonds. The molecule has 19 heavy (non-hydrogen) atoms. The second-order valence-corrected chi connectivity index (χ2v) is 5.69. The molecule has 2 aromatic rings. The zero-order valence-electron chi connectivity index (χ0n) is 9.64. The van der Waals surface area contributed by atoms with Crippen molar-refractivity contribution in [1.29, 1.82) is 0 Å². The smallest absolute Gasteiger partial charge is 0.335 e. The van der Waals surface area contributed by atoms with Crippen LogP contribution in [0.1, 0.15) is 15.9 Å². The fourth-order valence-electron chi connectivity index (χ4n) is 1.62. The monoisotopic (exact) mass is 385 g/mol. The molecule has 1 heterocycles. The molecule has 0 radical (unpaired) electrons. The summed E-state index contributed by atoms with van der Waals surface area (Å²) in [6, 6.07) is 7.90. The van der Waals surface area contributed by atoms with Crippen LogP contribution in [-0.4, -0.2) is 15.6 Å². The van der Waals surface area contributed by atoms with Gasteiger partial charge < -0.3 is 9.67 Å². The van der Waals surface area contributed by atoms with E-state index in [9.17, 15) is 9.59 Å². The number of pyridine rings is 1. The lowest BCUT2D eigenvalue weighted by Crippen LogP contribution is -2.19. The fraction of sp³-hybridized carbons (Fsp3) is 0.0769. The zero-order chi connectivity index (χ0) is 14.0. The van der Waals surface area contributed by atoms with Crippen LogP contribution in [0, 0.1) is 0 Å². The van der Waals surface area contributed by atoms with E-state index in [1.165, 1.54) is 18.2 Å². The highest BCUT2D eigenvalue weighted by molar-refractivity contribution is 9.10. The summed E-state index contributed by atoms with van der Waals surface area (Å²) in [5.74, 6) is -0.980. The van der Waals surface area contributed by atoms with Gasteiger partial charge in [0.25, 0.3) is 5.56 Å². The van der Waals surface area contributed by atoms with Crippen LogP contribution in [0.3, 0.4) is 0 Å². The Labute approximate surface area is 126 Å². The summed E-state index contributed by atoms with van der Waals surface area (Å²) in [5, 5.41) is 8.89. The van der Waals surface area contributed by atoms with Crippen LogP contribution in [0.15, 0.2) is 50.3 Å². The Morgan fingerprint density at radius 1 is 1.21 bits per heavy atom. The van der Waals surface area contributed by atoms with Crippen molar-refractivity contribution in [1.82, 2.24) is 4.57 Å². The predicted molar refractivity (Wildman–Crippen MR) is 78.6 cm³/mol. The van der Waals surface area contributed by atoms with Gasteiger partial charge in [0.2, 0.25) is 0 Å². The molecule has 1 aromatic carbocycles. The number of carbonyl (C=O) groups is 1. The number of halogens is 2. The molecule has 4 nitrogen and oxygen atoms in total. The number of benzene rings is 1. The maximum absolute atomic E-state index is 11.7. The molecule has 0 saturated carbocycles. The van der Waals surface area contributed by atoms with Crippen molar-refractivity contribution < 1.29 is 9.90 Å². The Bertz CT molecular complexity index is 695. The number of nitrogens with zero attached hydrogens (tertiary/aromatic N) is 1. The van der Waals surface area contributed by atoms with Crippen molar-refractivity contribution in [3.8, 4) is 0 Å². The number of hydrogen-bond acceptors (Lipinski definition) is 2. The number of hydrogen-bond donors (Lipinski definition) is 1. The largest absolute Gasteiger partial charge is 0.478 e. The van der Waals surface area contributed by atoms with E-state index in [0.717, 1.165) is 10.0 Å². The Morgan fingerprint density at radius 3 is 2.58 bits per heavy atom. The maximum atomic E-state index is 11.7. The van der Waals surface area contributed by atoms with Crippen LogP contribution >= 0.6 is 31.9 Å². The van der Waals surface area contributed by atoms with Gasteiger partial charge in [-0.05, 0) is 39.7 Å². The highest BCUT2D eigenvalue weighted by Crippen LogP contribution is 2.20. The zero-order valence-corrected chi connectivity index (χ0v) is 12.8. The summed E-state index contributed by atoms with van der Waals surface area (Å²) in [6.45, 7) is 0.374. The topological polar surface area (TPSA) is 59.3 Å². The molecule has 6 heteroatoms. The second kappa shape index (κ2) is 5.71. The van der Waals surface area contributed by atoms with Crippen LogP contribution in [0.4, 0.5) is 0 Å². The number of aromatic carboxylic acids is 1. The predicted octanol–water partition coefficient (Wildman–Crippen LogP) is 3.12. The van der Waals surface area contributed by atoms with Crippen molar-refractivity contribution in [3.63, 3.8) is 0 Å². The van der Waals surface area contributed by atoms with Gasteiger partial charge in [0.15, 0.2) is 0 Å². The first-order chi connectivity index (χ1) is 8.97. The molecule has 98 valence electrons. The lowest BCUT2D eigenvalue weighted by molar-refractivity contribution is 0.0697. The summed E-state index contributed by atoms with van der Waals surface area (Å²) in [4.78, 5) is 22.5. The van der Waals surface area contributed by atoms with Crippen molar-refractivity contribution in [3.05, 3.63) is 67.0 Å². The van der Waals surface area contributed by atoms with E-state index in [1.54, 1.807) is 22.9 Å². The van der Waals surface area contributed by atoms with E-state index < -0.39 is 5.97 Å². The van der Waals surface area contributed by atoms with Crippen molar-refractivity contribution >= 4 is 37.8 Å². The van der Waals surface area contributed by atoms with Crippen LogP contribution < -0.4 is 5.56 Å². The third kappa shape index (κ3) is 3.33. The van der Waals surface area contributed by atoms with Gasteiger partial charge in [-0.1, -0.05) is 22.0 Å². The molecular weight excluding hydrogens is 378 g/mol. The van der Waals surface area contributed by atoms with E-state index in [2.05, 4.69) is 31.9 Å². The Balaban J connectivity index is 2.36. The van der Waals surface area contributed by atoms with Crippen LogP contribution in [0.2, 0.25) is 0 Å². The third-order valence-electron chi connectivity index (χ3n) is 2.59. The molecule has 0 aliphatic rings. The highest BCUT2D eigenvalue weighted by Gasteiger charge is 2.08. The van der Waals surface area contributed by atoms with Crippen LogP contribution in [0.5, 0.6) is 0 Å². The summed E-state index contributed by atoms with van der Waals surface area (Å²) < 4.78 is 3.02. The van der Waals surface area contributed by atoms with Gasteiger partial charge in [0, 0.05) is 21.2 Å². The molecule has 0 fully saturated rings. The molecule has 0 spiro atoms. The Kier molecular flexibility index (Phi) is 4.21. The summed E-state index contributed by atoms with van der Waals surface area (Å²) in [5.41, 5.74) is 0.930. The maximum Gasteiger partial charge on any atom is 0.335 e. The van der Waals surface area contributed by atoms with Gasteiger partial charge in [-0.3, -0.25) is 4.79 Å². The lowest BCUT2D eigenvalue weighted by atomic mass is 10.1. The molecule has 0 bridgehead atoms. The second-order valence-electron chi connectivity index (χ2n) is 3.92. The molecular formula is C13H9Br2NO3. The van der Waals surface area contributed by atoms with E-state index in [-0.39, 0.29) is 11.1 Å². The van der Waals surface area contributed by atoms with Gasteiger partial charge >= 0.3 is 5.97 Å². The average Bonchev–Trinajstić information content (AvgIpc) is 2.36. The fourth-order valence-corrected chi connectivity index (χ4v) is 2.50. The standard InChI is InChI=1S/C13H9Br2NO3/c14-10-3-4-12(17)16(7-10)6-9-2-1-8(13(18)19)5-11(9)15/h1-5,7H,6H2,(H,18,19). The Morgan fingerprint density at radius 2 is 1.95 bits per heavy atom.